The Morgan fingerprint density at radius 1 is 1.15 bits per heavy atom. The third-order valence-corrected chi connectivity index (χ3v) is 8.21. The Morgan fingerprint density at radius 3 is 2.36 bits per heavy atom. The maximum Gasteiger partial charge on any atom is 0.471 e. The van der Waals surface area contributed by atoms with Crippen molar-refractivity contribution in [2.75, 3.05) is 6.54 Å². The predicted octanol–water partition coefficient (Wildman–Crippen LogP) is 3.21. The summed E-state index contributed by atoms with van der Waals surface area (Å²) in [5.41, 5.74) is 1.55. The highest BCUT2D eigenvalue weighted by molar-refractivity contribution is 5.95. The number of amides is 3. The third kappa shape index (κ3) is 4.83. The number of alkyl halides is 3. The van der Waals surface area contributed by atoms with Crippen LogP contribution in [0.3, 0.4) is 0 Å². The summed E-state index contributed by atoms with van der Waals surface area (Å²) in [4.78, 5) is 40.5. The molecular formula is C27H33F3N6O3. The fourth-order valence-electron chi connectivity index (χ4n) is 5.88. The molecule has 0 spiro atoms. The molecule has 1 saturated heterocycles. The van der Waals surface area contributed by atoms with Gasteiger partial charge >= 0.3 is 12.1 Å². The number of pyridine rings is 1. The van der Waals surface area contributed by atoms with Gasteiger partial charge in [0.2, 0.25) is 11.8 Å². The zero-order valence-electron chi connectivity index (χ0n) is 23.0. The van der Waals surface area contributed by atoms with Crippen LogP contribution in [0.4, 0.5) is 13.2 Å². The molecule has 4 rings (SSSR count). The lowest BCUT2D eigenvalue weighted by molar-refractivity contribution is -0.176. The summed E-state index contributed by atoms with van der Waals surface area (Å²) in [5.74, 6) is -3.84. The Hall–Kier alpha value is -3.62. The second-order valence-corrected chi connectivity index (χ2v) is 12.2. The topological polar surface area (TPSA) is 120 Å². The van der Waals surface area contributed by atoms with Crippen molar-refractivity contribution in [3.05, 3.63) is 35.2 Å². The minimum absolute atomic E-state index is 0.0430. The van der Waals surface area contributed by atoms with E-state index in [1.165, 1.54) is 11.1 Å². The number of fused-ring (bicyclic) bond motifs is 2. The number of hydrogen-bond donors (Lipinski definition) is 2. The molecule has 3 amide bonds. The lowest BCUT2D eigenvalue weighted by atomic mass is 9.85. The first kappa shape index (κ1) is 28.4. The van der Waals surface area contributed by atoms with Crippen LogP contribution >= 0.6 is 0 Å². The molecule has 0 bridgehead atoms. The Bertz CT molecular complexity index is 1380. The molecule has 2 aromatic heterocycles. The van der Waals surface area contributed by atoms with Crippen LogP contribution in [-0.2, 0) is 14.4 Å². The molecule has 1 aliphatic carbocycles. The van der Waals surface area contributed by atoms with Gasteiger partial charge in [0, 0.05) is 17.8 Å². The maximum atomic E-state index is 13.7. The van der Waals surface area contributed by atoms with Crippen LogP contribution in [0, 0.1) is 47.8 Å². The first-order valence-electron chi connectivity index (χ1n) is 12.7. The molecule has 5 unspecified atom stereocenters. The Labute approximate surface area is 224 Å². The number of halogens is 3. The van der Waals surface area contributed by atoms with E-state index in [-0.39, 0.29) is 23.8 Å². The van der Waals surface area contributed by atoms with Gasteiger partial charge in [-0.15, -0.1) is 0 Å². The Morgan fingerprint density at radius 2 is 1.79 bits per heavy atom. The second-order valence-electron chi connectivity index (χ2n) is 12.2. The molecule has 1 saturated carbocycles. The van der Waals surface area contributed by atoms with Gasteiger partial charge in [0.25, 0.3) is 0 Å². The summed E-state index contributed by atoms with van der Waals surface area (Å²) in [6, 6.07) is 2.29. The van der Waals surface area contributed by atoms with Crippen LogP contribution in [0.15, 0.2) is 18.3 Å². The molecule has 9 nitrogen and oxygen atoms in total. The van der Waals surface area contributed by atoms with Crippen molar-refractivity contribution >= 4 is 23.2 Å². The van der Waals surface area contributed by atoms with Crippen LogP contribution in [-0.4, -0.2) is 57.0 Å². The number of hydrogen-bond acceptors (Lipinski definition) is 5. The number of nitriles is 1. The number of nitrogens with zero attached hydrogens (tertiary/aromatic N) is 4. The minimum Gasteiger partial charge on any atom is -0.336 e. The molecule has 0 radical (unpaired) electrons. The largest absolute Gasteiger partial charge is 0.471 e. The summed E-state index contributed by atoms with van der Waals surface area (Å²) in [5, 5.41) is 19.0. The number of aryl methyl sites for hydroxylation is 2. The summed E-state index contributed by atoms with van der Waals surface area (Å²) in [6.45, 7) is 12.5. The van der Waals surface area contributed by atoms with Gasteiger partial charge < -0.3 is 15.5 Å². The van der Waals surface area contributed by atoms with Crippen LogP contribution in [0.1, 0.15) is 57.5 Å². The number of likely N-dealkylation sites (tertiary alicyclic amines) is 1. The Balaban J connectivity index is 1.64. The molecule has 0 aromatic carbocycles. The zero-order chi connectivity index (χ0) is 29.2. The van der Waals surface area contributed by atoms with Gasteiger partial charge in [0.15, 0.2) is 0 Å². The van der Waals surface area contributed by atoms with Gasteiger partial charge in [-0.25, -0.2) is 4.52 Å². The van der Waals surface area contributed by atoms with E-state index in [2.05, 4.69) is 16.5 Å². The highest BCUT2D eigenvalue weighted by Crippen LogP contribution is 2.65. The molecule has 5 atom stereocenters. The van der Waals surface area contributed by atoms with Crippen molar-refractivity contribution in [1.82, 2.24) is 25.1 Å². The van der Waals surface area contributed by atoms with Gasteiger partial charge in [-0.3, -0.25) is 14.4 Å². The fraction of sp³-hybridized carbons (Fsp3) is 0.593. The van der Waals surface area contributed by atoms with Crippen LogP contribution < -0.4 is 10.6 Å². The average Bonchev–Trinajstić information content (AvgIpc) is 3.23. The number of aromatic nitrogens is 2. The molecule has 1 aliphatic heterocycles. The van der Waals surface area contributed by atoms with E-state index in [0.29, 0.717) is 11.1 Å². The quantitative estimate of drug-likeness (QED) is 0.597. The monoisotopic (exact) mass is 546 g/mol. The number of carbonyl (C=O) groups excluding carboxylic acids is 3. The fourth-order valence-corrected chi connectivity index (χ4v) is 5.88. The third-order valence-electron chi connectivity index (χ3n) is 8.21. The normalized spacial score (nSPS) is 23.5. The van der Waals surface area contributed by atoms with Gasteiger partial charge in [-0.05, 0) is 48.1 Å². The van der Waals surface area contributed by atoms with E-state index in [1.54, 1.807) is 25.3 Å². The maximum absolute atomic E-state index is 13.7. The second kappa shape index (κ2) is 9.24. The number of carbonyl (C=O) groups is 3. The molecule has 2 N–H and O–H groups in total. The zero-order valence-corrected chi connectivity index (χ0v) is 23.0. The van der Waals surface area contributed by atoms with Gasteiger partial charge in [0.05, 0.1) is 17.8 Å². The van der Waals surface area contributed by atoms with Crippen LogP contribution in [0.5, 0.6) is 0 Å². The lowest BCUT2D eigenvalue weighted by Crippen LogP contribution is -2.60. The Kier molecular flexibility index (Phi) is 6.73. The van der Waals surface area contributed by atoms with E-state index < -0.39 is 47.4 Å². The van der Waals surface area contributed by atoms with Crippen molar-refractivity contribution in [1.29, 1.82) is 5.26 Å². The molecule has 210 valence electrons. The van der Waals surface area contributed by atoms with E-state index >= 15 is 0 Å². The van der Waals surface area contributed by atoms with E-state index in [4.69, 9.17) is 0 Å². The van der Waals surface area contributed by atoms with Crippen molar-refractivity contribution in [3.8, 4) is 6.07 Å². The highest BCUT2D eigenvalue weighted by atomic mass is 19.4. The van der Waals surface area contributed by atoms with Crippen molar-refractivity contribution in [2.24, 2.45) is 22.7 Å². The van der Waals surface area contributed by atoms with Crippen molar-refractivity contribution < 1.29 is 27.6 Å². The minimum atomic E-state index is -5.17. The van der Waals surface area contributed by atoms with Gasteiger partial charge in [-0.1, -0.05) is 40.7 Å². The molecular weight excluding hydrogens is 513 g/mol. The molecule has 2 aromatic rings. The van der Waals surface area contributed by atoms with E-state index in [0.717, 1.165) is 11.3 Å². The van der Waals surface area contributed by atoms with Crippen molar-refractivity contribution in [3.63, 3.8) is 0 Å². The summed E-state index contributed by atoms with van der Waals surface area (Å²) < 4.78 is 40.9. The van der Waals surface area contributed by atoms with Gasteiger partial charge in [-0.2, -0.15) is 23.5 Å². The molecule has 12 heteroatoms. The summed E-state index contributed by atoms with van der Waals surface area (Å²) >= 11 is 0. The van der Waals surface area contributed by atoms with E-state index in [9.17, 15) is 32.8 Å². The molecule has 39 heavy (non-hydrogen) atoms. The number of piperidine rings is 1. The highest BCUT2D eigenvalue weighted by Gasteiger charge is 2.70. The standard InChI is InChI=1S/C27H33F3N6O3/c1-13-8-9-14(2)36-19(13)15(11-32-36)17(10-31)33-22(37)20-18-16(26(18,6)7)12-35(20)23(38)21(25(3,4)5)34-24(39)27(28,29)30/h8-9,11,16-18,20-21H,12H2,1-7H3,(H,33,37)(H,34,39). The first-order valence-corrected chi connectivity index (χ1v) is 12.7. The predicted molar refractivity (Wildman–Crippen MR) is 135 cm³/mol. The molecule has 3 heterocycles. The number of nitrogens with one attached hydrogen (secondary N) is 2. The van der Waals surface area contributed by atoms with Crippen LogP contribution in [0.25, 0.3) is 5.52 Å². The average molecular weight is 547 g/mol. The van der Waals surface area contributed by atoms with Crippen molar-refractivity contribution in [2.45, 2.75) is 72.8 Å². The first-order chi connectivity index (χ1) is 17.9. The van der Waals surface area contributed by atoms with E-state index in [1.807, 2.05) is 45.1 Å². The molecule has 2 fully saturated rings. The smallest absolute Gasteiger partial charge is 0.336 e. The van der Waals surface area contributed by atoms with Gasteiger partial charge in [0.1, 0.15) is 18.1 Å². The molecule has 2 aliphatic rings. The SMILES string of the molecule is Cc1ccc(C)n2ncc(C(C#N)NC(=O)C3C4C(CN3C(=O)C(NC(=O)C(F)(F)F)C(C)(C)C)C4(C)C)c12. The number of rotatable bonds is 5. The lowest BCUT2D eigenvalue weighted by Gasteiger charge is -2.37. The van der Waals surface area contributed by atoms with Crippen LogP contribution in [0.2, 0.25) is 0 Å². The summed E-state index contributed by atoms with van der Waals surface area (Å²) in [6.07, 6.45) is -3.65. The summed E-state index contributed by atoms with van der Waals surface area (Å²) in [7, 11) is 0.